The molecule has 5 nitrogen and oxygen atoms in total. The van der Waals surface area contributed by atoms with Crippen molar-refractivity contribution in [3.63, 3.8) is 0 Å². The summed E-state index contributed by atoms with van der Waals surface area (Å²) in [7, 11) is -3.90. The minimum absolute atomic E-state index is 0.128. The standard InChI is InChI=1S/C7H15NO4S2/c8-7(9)3-1-2-6(13)4-5-14(10,11)12/h6,13H,1-5H2,(H2,8,9)(H,10,11,12). The highest BCUT2D eigenvalue weighted by Gasteiger charge is 2.10. The molecule has 0 aliphatic rings. The molecular weight excluding hydrogens is 226 g/mol. The molecule has 0 heterocycles. The maximum atomic E-state index is 10.4. The van der Waals surface area contributed by atoms with Gasteiger partial charge in [0.2, 0.25) is 5.91 Å². The van der Waals surface area contributed by atoms with Crippen molar-refractivity contribution >= 4 is 28.7 Å². The van der Waals surface area contributed by atoms with E-state index in [1.165, 1.54) is 0 Å². The first-order valence-corrected chi connectivity index (χ1v) is 6.35. The lowest BCUT2D eigenvalue weighted by Crippen LogP contribution is -2.13. The highest BCUT2D eigenvalue weighted by atomic mass is 32.2. The van der Waals surface area contributed by atoms with Crippen molar-refractivity contribution in [2.45, 2.75) is 30.9 Å². The summed E-state index contributed by atoms with van der Waals surface area (Å²) < 4.78 is 29.2. The largest absolute Gasteiger partial charge is 0.370 e. The Bertz CT molecular complexity index is 275. The maximum absolute atomic E-state index is 10.4. The van der Waals surface area contributed by atoms with Crippen LogP contribution >= 0.6 is 12.6 Å². The Morgan fingerprint density at radius 3 is 2.43 bits per heavy atom. The van der Waals surface area contributed by atoms with Gasteiger partial charge in [-0.05, 0) is 19.3 Å². The molecule has 0 fully saturated rings. The molecule has 84 valence electrons. The second-order valence-corrected chi connectivity index (χ2v) is 5.39. The second kappa shape index (κ2) is 6.26. The van der Waals surface area contributed by atoms with E-state index in [0.717, 1.165) is 0 Å². The fraction of sp³-hybridized carbons (Fsp3) is 0.857. The molecular formula is C7H15NO4S2. The van der Waals surface area contributed by atoms with Gasteiger partial charge in [0.25, 0.3) is 10.1 Å². The summed E-state index contributed by atoms with van der Waals surface area (Å²) >= 11 is 4.12. The van der Waals surface area contributed by atoms with Crippen molar-refractivity contribution < 1.29 is 17.8 Å². The zero-order chi connectivity index (χ0) is 11.2. The third kappa shape index (κ3) is 9.82. The van der Waals surface area contributed by atoms with Crippen molar-refractivity contribution in [3.05, 3.63) is 0 Å². The van der Waals surface area contributed by atoms with Gasteiger partial charge in [-0.15, -0.1) is 0 Å². The smallest absolute Gasteiger partial charge is 0.264 e. The van der Waals surface area contributed by atoms with Crippen LogP contribution < -0.4 is 5.73 Å². The van der Waals surface area contributed by atoms with Gasteiger partial charge in [0.15, 0.2) is 0 Å². The summed E-state index contributed by atoms with van der Waals surface area (Å²) in [6, 6.07) is 0. The van der Waals surface area contributed by atoms with Crippen LogP contribution in [0.1, 0.15) is 25.7 Å². The molecule has 1 amide bonds. The third-order valence-corrected chi connectivity index (χ3v) is 2.94. The number of thiol groups is 1. The van der Waals surface area contributed by atoms with Gasteiger partial charge < -0.3 is 5.73 Å². The first-order valence-electron chi connectivity index (χ1n) is 4.23. The molecule has 0 aromatic rings. The van der Waals surface area contributed by atoms with Crippen LogP contribution in [-0.4, -0.2) is 29.9 Å². The van der Waals surface area contributed by atoms with Crippen molar-refractivity contribution in [1.82, 2.24) is 0 Å². The predicted octanol–water partition coefficient (Wildman–Crippen LogP) is 0.218. The van der Waals surface area contributed by atoms with Gasteiger partial charge in [0, 0.05) is 11.7 Å². The highest BCUT2D eigenvalue weighted by molar-refractivity contribution is 7.85. The summed E-state index contributed by atoms with van der Waals surface area (Å²) in [5.74, 6) is -0.669. The molecule has 0 aliphatic carbocycles. The van der Waals surface area contributed by atoms with E-state index in [4.69, 9.17) is 10.3 Å². The fourth-order valence-electron chi connectivity index (χ4n) is 0.941. The SMILES string of the molecule is NC(=O)CCCC(S)CCS(=O)(=O)O. The van der Waals surface area contributed by atoms with Crippen LogP contribution in [0.25, 0.3) is 0 Å². The maximum Gasteiger partial charge on any atom is 0.264 e. The number of amides is 1. The highest BCUT2D eigenvalue weighted by Crippen LogP contribution is 2.11. The van der Waals surface area contributed by atoms with Crippen molar-refractivity contribution in [1.29, 1.82) is 0 Å². The van der Waals surface area contributed by atoms with Crippen molar-refractivity contribution in [3.8, 4) is 0 Å². The Balaban J connectivity index is 3.56. The van der Waals surface area contributed by atoms with Crippen LogP contribution in [0.2, 0.25) is 0 Å². The van der Waals surface area contributed by atoms with Crippen LogP contribution in [0, 0.1) is 0 Å². The molecule has 1 unspecified atom stereocenters. The molecule has 0 aromatic carbocycles. The summed E-state index contributed by atoms with van der Waals surface area (Å²) in [5.41, 5.74) is 4.92. The van der Waals surface area contributed by atoms with Gasteiger partial charge >= 0.3 is 0 Å². The summed E-state index contributed by atoms with van der Waals surface area (Å²) in [4.78, 5) is 10.4. The molecule has 0 radical (unpaired) electrons. The molecule has 0 spiro atoms. The average molecular weight is 241 g/mol. The lowest BCUT2D eigenvalue weighted by molar-refractivity contribution is -0.118. The van der Waals surface area contributed by atoms with E-state index >= 15 is 0 Å². The topological polar surface area (TPSA) is 97.5 Å². The van der Waals surface area contributed by atoms with E-state index < -0.39 is 10.1 Å². The molecule has 0 bridgehead atoms. The number of hydrogen-bond donors (Lipinski definition) is 3. The van der Waals surface area contributed by atoms with Crippen LogP contribution in [0.5, 0.6) is 0 Å². The minimum atomic E-state index is -3.90. The van der Waals surface area contributed by atoms with Crippen LogP contribution in [0.4, 0.5) is 0 Å². The first kappa shape index (κ1) is 13.7. The van der Waals surface area contributed by atoms with Crippen LogP contribution in [0.3, 0.4) is 0 Å². The van der Waals surface area contributed by atoms with Gasteiger partial charge in [-0.2, -0.15) is 21.0 Å². The second-order valence-electron chi connectivity index (χ2n) is 3.09. The Morgan fingerprint density at radius 1 is 1.43 bits per heavy atom. The van der Waals surface area contributed by atoms with Gasteiger partial charge in [-0.1, -0.05) is 0 Å². The molecule has 0 saturated carbocycles. The molecule has 0 saturated heterocycles. The van der Waals surface area contributed by atoms with E-state index in [9.17, 15) is 13.2 Å². The lowest BCUT2D eigenvalue weighted by Gasteiger charge is -2.07. The van der Waals surface area contributed by atoms with E-state index in [1.807, 2.05) is 0 Å². The zero-order valence-corrected chi connectivity index (χ0v) is 9.43. The Kier molecular flexibility index (Phi) is 6.14. The molecule has 0 aromatic heterocycles. The predicted molar refractivity (Wildman–Crippen MR) is 56.9 cm³/mol. The molecule has 0 rings (SSSR count). The molecule has 3 N–H and O–H groups in total. The summed E-state index contributed by atoms with van der Waals surface area (Å²) in [6.45, 7) is 0. The molecule has 0 aliphatic heterocycles. The number of rotatable bonds is 7. The van der Waals surface area contributed by atoms with Gasteiger partial charge in [0.1, 0.15) is 0 Å². The number of carbonyl (C=O) groups excluding carboxylic acids is 1. The average Bonchev–Trinajstić information content (AvgIpc) is 1.99. The van der Waals surface area contributed by atoms with E-state index in [2.05, 4.69) is 12.6 Å². The van der Waals surface area contributed by atoms with Gasteiger partial charge in [-0.25, -0.2) is 0 Å². The number of primary amides is 1. The van der Waals surface area contributed by atoms with Crippen molar-refractivity contribution in [2.24, 2.45) is 5.73 Å². The zero-order valence-electron chi connectivity index (χ0n) is 7.72. The van der Waals surface area contributed by atoms with Crippen molar-refractivity contribution in [2.75, 3.05) is 5.75 Å². The van der Waals surface area contributed by atoms with Crippen LogP contribution in [-0.2, 0) is 14.9 Å². The minimum Gasteiger partial charge on any atom is -0.370 e. The molecule has 1 atom stereocenters. The Morgan fingerprint density at radius 2 is 2.00 bits per heavy atom. The van der Waals surface area contributed by atoms with Crippen LogP contribution in [0.15, 0.2) is 0 Å². The third-order valence-electron chi connectivity index (χ3n) is 1.67. The Hall–Kier alpha value is -0.270. The van der Waals surface area contributed by atoms with Gasteiger partial charge in [-0.3, -0.25) is 9.35 Å². The van der Waals surface area contributed by atoms with Gasteiger partial charge in [0.05, 0.1) is 5.75 Å². The fourth-order valence-corrected chi connectivity index (χ4v) is 2.01. The van der Waals surface area contributed by atoms with E-state index in [1.54, 1.807) is 0 Å². The molecule has 7 heteroatoms. The molecule has 14 heavy (non-hydrogen) atoms. The number of hydrogen-bond acceptors (Lipinski definition) is 4. The monoisotopic (exact) mass is 241 g/mol. The number of carbonyl (C=O) groups is 1. The summed E-state index contributed by atoms with van der Waals surface area (Å²) in [6.07, 6.45) is 1.76. The summed E-state index contributed by atoms with van der Waals surface area (Å²) in [5, 5.41) is -0.128. The Labute approximate surface area is 89.2 Å². The lowest BCUT2D eigenvalue weighted by atomic mass is 10.1. The normalized spacial score (nSPS) is 13.9. The quantitative estimate of drug-likeness (QED) is 0.438. The van der Waals surface area contributed by atoms with E-state index in [0.29, 0.717) is 12.8 Å². The van der Waals surface area contributed by atoms with E-state index in [-0.39, 0.29) is 29.8 Å². The number of nitrogens with two attached hydrogens (primary N) is 1. The first-order chi connectivity index (χ1) is 6.31.